The van der Waals surface area contributed by atoms with Crippen LogP contribution in [-0.2, 0) is 9.47 Å². The fourth-order valence-electron chi connectivity index (χ4n) is 1.75. The summed E-state index contributed by atoms with van der Waals surface area (Å²) >= 11 is 1.67. The van der Waals surface area contributed by atoms with Gasteiger partial charge in [0.15, 0.2) is 6.29 Å². The van der Waals surface area contributed by atoms with Crippen molar-refractivity contribution in [1.82, 2.24) is 0 Å². The van der Waals surface area contributed by atoms with Crippen molar-refractivity contribution < 1.29 is 27.4 Å². The summed E-state index contributed by atoms with van der Waals surface area (Å²) < 4.78 is 51.2. The Hall–Kier alpha value is -1.18. The number of rotatable bonds is 4. The van der Waals surface area contributed by atoms with E-state index in [2.05, 4.69) is 4.74 Å². The minimum atomic E-state index is -4.69. The van der Waals surface area contributed by atoms with Gasteiger partial charge < -0.3 is 14.2 Å². The van der Waals surface area contributed by atoms with Gasteiger partial charge >= 0.3 is 6.36 Å². The molecule has 0 bridgehead atoms. The highest BCUT2D eigenvalue weighted by molar-refractivity contribution is 7.99. The Morgan fingerprint density at radius 2 is 2.00 bits per heavy atom. The fourth-order valence-corrected chi connectivity index (χ4v) is 2.18. The van der Waals surface area contributed by atoms with Gasteiger partial charge in [0.25, 0.3) is 0 Å². The summed E-state index contributed by atoms with van der Waals surface area (Å²) in [6.45, 7) is 1.18. The van der Waals surface area contributed by atoms with E-state index in [1.165, 1.54) is 18.2 Å². The van der Waals surface area contributed by atoms with Crippen molar-refractivity contribution in [1.29, 1.82) is 0 Å². The molecule has 0 radical (unpaired) electrons. The zero-order chi connectivity index (χ0) is 15.3. The molecule has 0 aromatic heterocycles. The average molecular weight is 320 g/mol. The molecule has 0 N–H and O–H groups in total. The third-order valence-corrected chi connectivity index (χ3v) is 3.70. The van der Waals surface area contributed by atoms with Crippen LogP contribution < -0.4 is 4.74 Å². The largest absolute Gasteiger partial charge is 0.573 e. The van der Waals surface area contributed by atoms with E-state index in [0.717, 1.165) is 0 Å². The number of halogens is 3. The summed E-state index contributed by atoms with van der Waals surface area (Å²) in [6.07, 6.45) is 0.140. The highest BCUT2D eigenvalue weighted by atomic mass is 32.2. The van der Waals surface area contributed by atoms with Crippen molar-refractivity contribution in [3.8, 4) is 5.75 Å². The minimum Gasteiger partial charge on any atom is -0.406 e. The smallest absolute Gasteiger partial charge is 0.406 e. The molecule has 0 aliphatic carbocycles. The monoisotopic (exact) mass is 320 g/mol. The second-order valence-corrected chi connectivity index (χ2v) is 5.51. The molecule has 7 heteroatoms. The molecule has 1 fully saturated rings. The molecule has 0 spiro atoms. The molecular formula is C14H15F3O3S. The van der Waals surface area contributed by atoms with Gasteiger partial charge in [-0.25, -0.2) is 0 Å². The number of ether oxygens (including phenoxy) is 3. The second-order valence-electron chi connectivity index (χ2n) is 4.37. The van der Waals surface area contributed by atoms with Crippen LogP contribution >= 0.6 is 11.8 Å². The molecule has 1 saturated heterocycles. The van der Waals surface area contributed by atoms with Gasteiger partial charge in [-0.15, -0.1) is 13.2 Å². The Kier molecular flexibility index (Phi) is 5.55. The van der Waals surface area contributed by atoms with Crippen LogP contribution in [0.25, 0.3) is 6.08 Å². The van der Waals surface area contributed by atoms with Crippen LogP contribution in [0.4, 0.5) is 13.2 Å². The quantitative estimate of drug-likeness (QED) is 0.845. The van der Waals surface area contributed by atoms with Crippen molar-refractivity contribution in [3.63, 3.8) is 0 Å². The molecule has 0 amide bonds. The van der Waals surface area contributed by atoms with Crippen molar-refractivity contribution in [3.05, 3.63) is 35.9 Å². The van der Waals surface area contributed by atoms with Crippen LogP contribution in [0, 0.1) is 0 Å². The Labute approximate surface area is 125 Å². The number of alkyl halides is 3. The summed E-state index contributed by atoms with van der Waals surface area (Å²) in [7, 11) is 0. The standard InChI is InChI=1S/C14H15F3O3S/c1-21-12-8-18-13(19-9-12)6-5-10-3-2-4-11(7-10)20-14(15,16)17/h2-7,12-13H,8-9H2,1H3. The first-order valence-corrected chi connectivity index (χ1v) is 7.55. The van der Waals surface area contributed by atoms with Gasteiger partial charge in [-0.3, -0.25) is 0 Å². The lowest BCUT2D eigenvalue weighted by molar-refractivity contribution is -0.274. The Morgan fingerprint density at radius 3 is 2.62 bits per heavy atom. The maximum atomic E-state index is 12.1. The molecule has 1 aromatic carbocycles. The molecule has 21 heavy (non-hydrogen) atoms. The highest BCUT2D eigenvalue weighted by Crippen LogP contribution is 2.24. The topological polar surface area (TPSA) is 27.7 Å². The lowest BCUT2D eigenvalue weighted by Crippen LogP contribution is -2.32. The molecule has 0 atom stereocenters. The van der Waals surface area contributed by atoms with E-state index < -0.39 is 12.7 Å². The Balaban J connectivity index is 1.93. The predicted molar refractivity (Wildman–Crippen MR) is 75.2 cm³/mol. The van der Waals surface area contributed by atoms with Crippen LogP contribution in [0.3, 0.4) is 0 Å². The molecule has 1 aliphatic heterocycles. The first-order valence-electron chi connectivity index (χ1n) is 6.26. The highest BCUT2D eigenvalue weighted by Gasteiger charge is 2.31. The number of benzene rings is 1. The molecular weight excluding hydrogens is 305 g/mol. The summed E-state index contributed by atoms with van der Waals surface area (Å²) in [6, 6.07) is 5.72. The molecule has 0 unspecified atom stereocenters. The van der Waals surface area contributed by atoms with Gasteiger partial charge in [-0.1, -0.05) is 18.2 Å². The molecule has 116 valence electrons. The van der Waals surface area contributed by atoms with Gasteiger partial charge in [-0.2, -0.15) is 11.8 Å². The van der Waals surface area contributed by atoms with Crippen LogP contribution in [0.5, 0.6) is 5.75 Å². The van der Waals surface area contributed by atoms with E-state index in [0.29, 0.717) is 24.0 Å². The zero-order valence-electron chi connectivity index (χ0n) is 11.3. The van der Waals surface area contributed by atoms with E-state index in [-0.39, 0.29) is 5.75 Å². The van der Waals surface area contributed by atoms with Crippen LogP contribution in [0.2, 0.25) is 0 Å². The van der Waals surface area contributed by atoms with Crippen LogP contribution in [0.1, 0.15) is 5.56 Å². The molecule has 1 heterocycles. The fraction of sp³-hybridized carbons (Fsp3) is 0.429. The number of hydrogen-bond acceptors (Lipinski definition) is 4. The Morgan fingerprint density at radius 1 is 1.29 bits per heavy atom. The summed E-state index contributed by atoms with van der Waals surface area (Å²) in [5.41, 5.74) is 0.580. The van der Waals surface area contributed by atoms with Crippen molar-refractivity contribution in [2.75, 3.05) is 19.5 Å². The van der Waals surface area contributed by atoms with E-state index in [1.807, 2.05) is 6.26 Å². The van der Waals surface area contributed by atoms with Gasteiger partial charge in [0.1, 0.15) is 5.75 Å². The SMILES string of the molecule is CSC1COC(C=Cc2cccc(OC(F)(F)F)c2)OC1. The first kappa shape index (κ1) is 16.2. The minimum absolute atomic E-state index is 0.252. The third kappa shape index (κ3) is 5.61. The molecule has 3 nitrogen and oxygen atoms in total. The van der Waals surface area contributed by atoms with Gasteiger partial charge in [-0.05, 0) is 30.0 Å². The number of hydrogen-bond donors (Lipinski definition) is 0. The molecule has 1 aromatic rings. The lowest BCUT2D eigenvalue weighted by Gasteiger charge is -2.26. The van der Waals surface area contributed by atoms with E-state index >= 15 is 0 Å². The van der Waals surface area contributed by atoms with Crippen molar-refractivity contribution in [2.45, 2.75) is 17.9 Å². The van der Waals surface area contributed by atoms with Crippen LogP contribution in [0.15, 0.2) is 30.3 Å². The zero-order valence-corrected chi connectivity index (χ0v) is 12.1. The maximum absolute atomic E-state index is 12.1. The van der Waals surface area contributed by atoms with Crippen molar-refractivity contribution >= 4 is 17.8 Å². The van der Waals surface area contributed by atoms with Gasteiger partial charge in [0, 0.05) is 0 Å². The third-order valence-electron chi connectivity index (χ3n) is 2.76. The first-order chi connectivity index (χ1) is 9.96. The predicted octanol–water partition coefficient (Wildman–Crippen LogP) is 3.70. The molecule has 0 saturated carbocycles. The maximum Gasteiger partial charge on any atom is 0.573 e. The number of thioether (sulfide) groups is 1. The second kappa shape index (κ2) is 7.20. The van der Waals surface area contributed by atoms with Gasteiger partial charge in [0.2, 0.25) is 0 Å². The molecule has 2 rings (SSSR count). The summed E-state index contributed by atoms with van der Waals surface area (Å²) in [5, 5.41) is 0.318. The average Bonchev–Trinajstić information content (AvgIpc) is 2.44. The van der Waals surface area contributed by atoms with E-state index in [1.54, 1.807) is 30.0 Å². The van der Waals surface area contributed by atoms with Gasteiger partial charge in [0.05, 0.1) is 18.5 Å². The van der Waals surface area contributed by atoms with E-state index in [4.69, 9.17) is 9.47 Å². The molecule has 1 aliphatic rings. The van der Waals surface area contributed by atoms with Crippen LogP contribution in [-0.4, -0.2) is 37.4 Å². The van der Waals surface area contributed by atoms with E-state index in [9.17, 15) is 13.2 Å². The van der Waals surface area contributed by atoms with Crippen molar-refractivity contribution in [2.24, 2.45) is 0 Å². The Bertz CT molecular complexity index is 483. The summed E-state index contributed by atoms with van der Waals surface area (Å²) in [4.78, 5) is 0. The summed E-state index contributed by atoms with van der Waals surface area (Å²) in [5.74, 6) is -0.252. The normalized spacial score (nSPS) is 23.4. The lowest BCUT2D eigenvalue weighted by atomic mass is 10.2.